The lowest BCUT2D eigenvalue weighted by Gasteiger charge is -2.37. The van der Waals surface area contributed by atoms with Crippen LogP contribution in [-0.2, 0) is 4.74 Å². The number of halogens is 2. The quantitative estimate of drug-likeness (QED) is 0.618. The van der Waals surface area contributed by atoms with Crippen LogP contribution in [0, 0.1) is 11.6 Å². The number of hydrogen-bond donors (Lipinski definition) is 1. The van der Waals surface area contributed by atoms with Gasteiger partial charge in [0.05, 0.1) is 12.1 Å². The van der Waals surface area contributed by atoms with E-state index in [4.69, 9.17) is 4.74 Å². The van der Waals surface area contributed by atoms with Gasteiger partial charge in [-0.25, -0.2) is 13.6 Å². The van der Waals surface area contributed by atoms with Crippen molar-refractivity contribution in [3.05, 3.63) is 71.3 Å². The van der Waals surface area contributed by atoms with Gasteiger partial charge in [-0.2, -0.15) is 0 Å². The summed E-state index contributed by atoms with van der Waals surface area (Å²) in [5, 5.41) is 10.2. The molecule has 0 bridgehead atoms. The predicted molar refractivity (Wildman–Crippen MR) is 121 cm³/mol. The van der Waals surface area contributed by atoms with Crippen LogP contribution in [0.5, 0.6) is 0 Å². The Balaban J connectivity index is 2.39. The third-order valence-corrected chi connectivity index (χ3v) is 5.08. The molecular formula is C25H34F2N2O3. The molecule has 0 saturated carbocycles. The van der Waals surface area contributed by atoms with Crippen LogP contribution in [-0.4, -0.2) is 58.9 Å². The van der Waals surface area contributed by atoms with Crippen molar-refractivity contribution in [2.24, 2.45) is 0 Å². The largest absolute Gasteiger partial charge is 0.444 e. The fourth-order valence-corrected chi connectivity index (χ4v) is 3.50. The van der Waals surface area contributed by atoms with Crippen molar-refractivity contribution >= 4 is 6.09 Å². The molecule has 0 radical (unpaired) electrons. The van der Waals surface area contributed by atoms with E-state index in [9.17, 15) is 18.7 Å². The molecule has 2 unspecified atom stereocenters. The highest BCUT2D eigenvalue weighted by atomic mass is 19.1. The lowest BCUT2D eigenvalue weighted by Crippen LogP contribution is -2.47. The van der Waals surface area contributed by atoms with Crippen molar-refractivity contribution in [3.63, 3.8) is 0 Å². The fourth-order valence-electron chi connectivity index (χ4n) is 3.50. The number of aliphatic hydroxyl groups excluding tert-OH is 1. The second-order valence-corrected chi connectivity index (χ2v) is 9.25. The second kappa shape index (κ2) is 10.9. The maximum absolute atomic E-state index is 13.6. The summed E-state index contributed by atoms with van der Waals surface area (Å²) in [5.74, 6) is -0.710. The highest BCUT2D eigenvalue weighted by molar-refractivity contribution is 5.68. The minimum absolute atomic E-state index is 0.257. The Labute approximate surface area is 189 Å². The summed E-state index contributed by atoms with van der Waals surface area (Å²) in [6, 6.07) is 11.6. The van der Waals surface area contributed by atoms with Gasteiger partial charge in [0.15, 0.2) is 0 Å². The average Bonchev–Trinajstić information content (AvgIpc) is 2.68. The van der Waals surface area contributed by atoms with Crippen LogP contribution in [0.15, 0.2) is 48.5 Å². The van der Waals surface area contributed by atoms with Gasteiger partial charge in [-0.15, -0.1) is 0 Å². The Morgan fingerprint density at radius 1 is 0.938 bits per heavy atom. The summed E-state index contributed by atoms with van der Waals surface area (Å²) < 4.78 is 32.7. The van der Waals surface area contributed by atoms with Crippen LogP contribution in [0.4, 0.5) is 13.6 Å². The highest BCUT2D eigenvalue weighted by Crippen LogP contribution is 2.30. The third-order valence-electron chi connectivity index (χ3n) is 5.08. The molecule has 0 fully saturated rings. The van der Waals surface area contributed by atoms with Crippen molar-refractivity contribution in [2.45, 2.75) is 58.4 Å². The first-order valence-electron chi connectivity index (χ1n) is 10.8. The summed E-state index contributed by atoms with van der Waals surface area (Å²) in [6.07, 6.45) is -1.10. The van der Waals surface area contributed by atoms with Gasteiger partial charge in [0.1, 0.15) is 17.2 Å². The van der Waals surface area contributed by atoms with Crippen LogP contribution in [0.3, 0.4) is 0 Å². The first-order chi connectivity index (χ1) is 14.9. The van der Waals surface area contributed by atoms with E-state index in [1.807, 2.05) is 32.6 Å². The lowest BCUT2D eigenvalue weighted by atomic mass is 9.96. The van der Waals surface area contributed by atoms with E-state index >= 15 is 0 Å². The zero-order valence-electron chi connectivity index (χ0n) is 19.7. The van der Waals surface area contributed by atoms with Crippen LogP contribution < -0.4 is 0 Å². The number of amides is 1. The Bertz CT molecular complexity index is 819. The molecule has 1 amide bonds. The van der Waals surface area contributed by atoms with Gasteiger partial charge in [-0.1, -0.05) is 24.3 Å². The third kappa shape index (κ3) is 7.57. The van der Waals surface area contributed by atoms with Crippen molar-refractivity contribution in [2.75, 3.05) is 20.1 Å². The summed E-state index contributed by atoms with van der Waals surface area (Å²) in [6.45, 7) is 9.70. The standard InChI is InChI=1S/C25H34F2N2O3/c1-17(28(6)24(31)32-25(3,4)5)15-29(16-18(2)30)23(19-7-11-21(26)12-8-19)20-9-13-22(27)14-10-20/h7-14,17-18,23,30H,15-16H2,1-6H3. The summed E-state index contributed by atoms with van der Waals surface area (Å²) in [5.41, 5.74) is 0.978. The van der Waals surface area contributed by atoms with E-state index in [-0.39, 0.29) is 23.7 Å². The zero-order valence-corrected chi connectivity index (χ0v) is 19.7. The molecule has 176 valence electrons. The van der Waals surface area contributed by atoms with Crippen LogP contribution in [0.2, 0.25) is 0 Å². The van der Waals surface area contributed by atoms with Gasteiger partial charge in [-0.3, -0.25) is 4.90 Å². The van der Waals surface area contributed by atoms with Gasteiger partial charge in [-0.05, 0) is 70.0 Å². The molecule has 0 aliphatic rings. The molecule has 2 atom stereocenters. The van der Waals surface area contributed by atoms with Crippen molar-refractivity contribution in [3.8, 4) is 0 Å². The van der Waals surface area contributed by atoms with E-state index < -0.39 is 17.8 Å². The Kier molecular flexibility index (Phi) is 8.75. The number of ether oxygens (including phenoxy) is 1. The second-order valence-electron chi connectivity index (χ2n) is 9.25. The summed E-state index contributed by atoms with van der Waals surface area (Å²) in [4.78, 5) is 16.1. The smallest absolute Gasteiger partial charge is 0.410 e. The Morgan fingerprint density at radius 2 is 1.38 bits per heavy atom. The normalized spacial score (nSPS) is 13.8. The molecule has 0 spiro atoms. The number of carbonyl (C=O) groups excluding carboxylic acids is 1. The van der Waals surface area contributed by atoms with E-state index in [1.54, 1.807) is 38.2 Å². The van der Waals surface area contributed by atoms with Gasteiger partial charge in [0.25, 0.3) is 0 Å². The molecule has 7 heteroatoms. The van der Waals surface area contributed by atoms with Gasteiger partial charge < -0.3 is 14.7 Å². The summed E-state index contributed by atoms with van der Waals surface area (Å²) >= 11 is 0. The zero-order chi connectivity index (χ0) is 24.1. The maximum atomic E-state index is 13.6. The van der Waals surface area contributed by atoms with Crippen molar-refractivity contribution in [1.29, 1.82) is 0 Å². The number of hydrogen-bond acceptors (Lipinski definition) is 4. The number of nitrogens with zero attached hydrogens (tertiary/aromatic N) is 2. The minimum atomic E-state index is -0.655. The van der Waals surface area contributed by atoms with E-state index in [1.165, 1.54) is 29.2 Å². The lowest BCUT2D eigenvalue weighted by molar-refractivity contribution is 0.0172. The molecule has 1 N–H and O–H groups in total. The van der Waals surface area contributed by atoms with Crippen LogP contribution in [0.1, 0.15) is 51.8 Å². The monoisotopic (exact) mass is 448 g/mol. The Hall–Kier alpha value is -2.51. The molecule has 32 heavy (non-hydrogen) atoms. The highest BCUT2D eigenvalue weighted by Gasteiger charge is 2.29. The van der Waals surface area contributed by atoms with Gasteiger partial charge >= 0.3 is 6.09 Å². The molecule has 0 heterocycles. The number of likely N-dealkylation sites (N-methyl/N-ethyl adjacent to an activating group) is 1. The molecule has 0 saturated heterocycles. The molecule has 0 aliphatic carbocycles. The predicted octanol–water partition coefficient (Wildman–Crippen LogP) is 4.99. The number of benzene rings is 2. The number of rotatable bonds is 8. The first-order valence-corrected chi connectivity index (χ1v) is 10.8. The van der Waals surface area contributed by atoms with E-state index in [0.29, 0.717) is 13.1 Å². The topological polar surface area (TPSA) is 53.0 Å². The molecule has 5 nitrogen and oxygen atoms in total. The van der Waals surface area contributed by atoms with Gasteiger partial charge in [0, 0.05) is 26.2 Å². The SMILES string of the molecule is CC(O)CN(CC(C)N(C)C(=O)OC(C)(C)C)C(c1ccc(F)cc1)c1ccc(F)cc1. The molecule has 0 aliphatic heterocycles. The Morgan fingerprint density at radius 3 is 1.75 bits per heavy atom. The molecule has 2 rings (SSSR count). The van der Waals surface area contributed by atoms with Crippen LogP contribution >= 0.6 is 0 Å². The molecule has 2 aromatic carbocycles. The average molecular weight is 449 g/mol. The van der Waals surface area contributed by atoms with Gasteiger partial charge in [0.2, 0.25) is 0 Å². The number of carbonyl (C=O) groups is 1. The first kappa shape index (κ1) is 25.7. The minimum Gasteiger partial charge on any atom is -0.444 e. The maximum Gasteiger partial charge on any atom is 0.410 e. The molecular weight excluding hydrogens is 414 g/mol. The van der Waals surface area contributed by atoms with Crippen molar-refractivity contribution in [1.82, 2.24) is 9.80 Å². The van der Waals surface area contributed by atoms with E-state index in [0.717, 1.165) is 11.1 Å². The van der Waals surface area contributed by atoms with Crippen molar-refractivity contribution < 1.29 is 23.4 Å². The van der Waals surface area contributed by atoms with E-state index in [2.05, 4.69) is 0 Å². The van der Waals surface area contributed by atoms with Crippen LogP contribution in [0.25, 0.3) is 0 Å². The number of aliphatic hydroxyl groups is 1. The molecule has 0 aromatic heterocycles. The summed E-state index contributed by atoms with van der Waals surface area (Å²) in [7, 11) is 1.67. The molecule has 2 aromatic rings. The fraction of sp³-hybridized carbons (Fsp3) is 0.480.